The van der Waals surface area contributed by atoms with Gasteiger partial charge in [0, 0.05) is 12.3 Å². The standard InChI is InChI=1S/C9H9NO2/c1-7-4-5-10-8(6-7)2-3-9(11)12/h2-6H,1H3,(H,11,12)/b3-2+. The molecule has 0 spiro atoms. The smallest absolute Gasteiger partial charge is 0.328 e. The van der Waals surface area contributed by atoms with E-state index in [0.29, 0.717) is 5.69 Å². The normalized spacial score (nSPS) is 10.4. The highest BCUT2D eigenvalue weighted by atomic mass is 16.4. The number of aromatic nitrogens is 1. The fraction of sp³-hybridized carbons (Fsp3) is 0.111. The summed E-state index contributed by atoms with van der Waals surface area (Å²) in [6, 6.07) is 3.68. The van der Waals surface area contributed by atoms with Gasteiger partial charge >= 0.3 is 5.97 Å². The van der Waals surface area contributed by atoms with Crippen LogP contribution in [0.1, 0.15) is 11.3 Å². The maximum absolute atomic E-state index is 10.1. The van der Waals surface area contributed by atoms with Crippen LogP contribution in [0, 0.1) is 6.92 Å². The van der Waals surface area contributed by atoms with E-state index in [4.69, 9.17) is 5.11 Å². The van der Waals surface area contributed by atoms with Crippen LogP contribution in [0.4, 0.5) is 0 Å². The summed E-state index contributed by atoms with van der Waals surface area (Å²) in [7, 11) is 0. The number of carboxylic acid groups (broad SMARTS) is 1. The van der Waals surface area contributed by atoms with Crippen molar-refractivity contribution < 1.29 is 9.90 Å². The van der Waals surface area contributed by atoms with E-state index in [1.54, 1.807) is 6.20 Å². The van der Waals surface area contributed by atoms with Gasteiger partial charge in [-0.2, -0.15) is 0 Å². The molecule has 0 aliphatic carbocycles. The van der Waals surface area contributed by atoms with Gasteiger partial charge in [-0.25, -0.2) is 4.79 Å². The Hall–Kier alpha value is -1.64. The van der Waals surface area contributed by atoms with Gasteiger partial charge in [-0.3, -0.25) is 4.98 Å². The largest absolute Gasteiger partial charge is 0.478 e. The van der Waals surface area contributed by atoms with Gasteiger partial charge in [0.25, 0.3) is 0 Å². The Labute approximate surface area is 70.4 Å². The topological polar surface area (TPSA) is 50.2 Å². The Morgan fingerprint density at radius 3 is 3.00 bits per heavy atom. The molecule has 0 aliphatic rings. The SMILES string of the molecule is Cc1ccnc(/C=C/C(=O)O)c1. The molecule has 0 radical (unpaired) electrons. The van der Waals surface area contributed by atoms with E-state index < -0.39 is 5.97 Å². The average Bonchev–Trinajstić information content (AvgIpc) is 2.01. The minimum Gasteiger partial charge on any atom is -0.478 e. The molecule has 0 aromatic carbocycles. The molecule has 0 atom stereocenters. The van der Waals surface area contributed by atoms with Gasteiger partial charge in [0.15, 0.2) is 0 Å². The lowest BCUT2D eigenvalue weighted by atomic mass is 10.2. The van der Waals surface area contributed by atoms with Crippen LogP contribution in [0.3, 0.4) is 0 Å². The maximum atomic E-state index is 10.1. The third-order valence-electron chi connectivity index (χ3n) is 1.33. The van der Waals surface area contributed by atoms with E-state index >= 15 is 0 Å². The molecule has 1 rings (SSSR count). The first-order valence-corrected chi connectivity index (χ1v) is 3.52. The molecule has 0 unspecified atom stereocenters. The predicted octanol–water partition coefficient (Wildman–Crippen LogP) is 1.49. The van der Waals surface area contributed by atoms with Gasteiger partial charge in [0.1, 0.15) is 0 Å². The van der Waals surface area contributed by atoms with Crippen LogP contribution in [0.2, 0.25) is 0 Å². The van der Waals surface area contributed by atoms with Crippen molar-refractivity contribution >= 4 is 12.0 Å². The van der Waals surface area contributed by atoms with Gasteiger partial charge in [-0.15, -0.1) is 0 Å². The number of aryl methyl sites for hydroxylation is 1. The third-order valence-corrected chi connectivity index (χ3v) is 1.33. The van der Waals surface area contributed by atoms with E-state index in [1.807, 2.05) is 19.1 Å². The molecule has 1 N–H and O–H groups in total. The van der Waals surface area contributed by atoms with Gasteiger partial charge < -0.3 is 5.11 Å². The van der Waals surface area contributed by atoms with E-state index in [2.05, 4.69) is 4.98 Å². The minimum atomic E-state index is -0.960. The molecule has 0 aliphatic heterocycles. The number of pyridine rings is 1. The van der Waals surface area contributed by atoms with Gasteiger partial charge in [-0.05, 0) is 30.7 Å². The number of nitrogens with zero attached hydrogens (tertiary/aromatic N) is 1. The highest BCUT2D eigenvalue weighted by Gasteiger charge is 1.90. The summed E-state index contributed by atoms with van der Waals surface area (Å²) in [6.45, 7) is 1.93. The Balaban J connectivity index is 2.83. The molecule has 62 valence electrons. The first-order valence-electron chi connectivity index (χ1n) is 3.52. The molecular formula is C9H9NO2. The fourth-order valence-electron chi connectivity index (χ4n) is 0.807. The molecule has 3 nitrogen and oxygen atoms in total. The number of carbonyl (C=O) groups is 1. The minimum absolute atomic E-state index is 0.664. The summed E-state index contributed by atoms with van der Waals surface area (Å²) in [5.41, 5.74) is 1.73. The number of aliphatic carboxylic acids is 1. The Kier molecular flexibility index (Phi) is 2.58. The Morgan fingerprint density at radius 1 is 1.67 bits per heavy atom. The molecule has 12 heavy (non-hydrogen) atoms. The monoisotopic (exact) mass is 163 g/mol. The van der Waals surface area contributed by atoms with E-state index in [1.165, 1.54) is 6.08 Å². The lowest BCUT2D eigenvalue weighted by Crippen LogP contribution is -1.87. The summed E-state index contributed by atoms with van der Waals surface area (Å²) in [4.78, 5) is 14.1. The average molecular weight is 163 g/mol. The summed E-state index contributed by atoms with van der Waals surface area (Å²) < 4.78 is 0. The molecule has 3 heteroatoms. The zero-order valence-electron chi connectivity index (χ0n) is 6.69. The lowest BCUT2D eigenvalue weighted by Gasteiger charge is -1.92. The second-order valence-electron chi connectivity index (χ2n) is 2.43. The molecule has 0 saturated heterocycles. The van der Waals surface area contributed by atoms with Gasteiger partial charge in [0.2, 0.25) is 0 Å². The van der Waals surface area contributed by atoms with Crippen molar-refractivity contribution in [1.82, 2.24) is 4.98 Å². The maximum Gasteiger partial charge on any atom is 0.328 e. The lowest BCUT2D eigenvalue weighted by molar-refractivity contribution is -0.131. The number of hydrogen-bond donors (Lipinski definition) is 1. The predicted molar refractivity (Wildman–Crippen MR) is 45.6 cm³/mol. The van der Waals surface area contributed by atoms with E-state index in [-0.39, 0.29) is 0 Å². The molecule has 0 fully saturated rings. The first-order chi connectivity index (χ1) is 5.68. The van der Waals surface area contributed by atoms with Crippen LogP contribution in [-0.2, 0) is 4.79 Å². The fourth-order valence-corrected chi connectivity index (χ4v) is 0.807. The first kappa shape index (κ1) is 8.46. The van der Waals surface area contributed by atoms with Crippen LogP contribution < -0.4 is 0 Å². The molecule has 1 aromatic heterocycles. The van der Waals surface area contributed by atoms with Crippen molar-refractivity contribution in [3.8, 4) is 0 Å². The van der Waals surface area contributed by atoms with Crippen molar-refractivity contribution in [2.45, 2.75) is 6.92 Å². The third kappa shape index (κ3) is 2.54. The summed E-state index contributed by atoms with van der Waals surface area (Å²) in [5.74, 6) is -0.960. The van der Waals surface area contributed by atoms with Crippen LogP contribution in [0.5, 0.6) is 0 Å². The number of hydrogen-bond acceptors (Lipinski definition) is 2. The zero-order chi connectivity index (χ0) is 8.97. The molecule has 1 heterocycles. The van der Waals surface area contributed by atoms with Crippen molar-refractivity contribution in [2.75, 3.05) is 0 Å². The van der Waals surface area contributed by atoms with Crippen LogP contribution in [0.15, 0.2) is 24.4 Å². The van der Waals surface area contributed by atoms with Gasteiger partial charge in [0.05, 0.1) is 5.69 Å². The molecule has 0 amide bonds. The molecular weight excluding hydrogens is 154 g/mol. The highest BCUT2D eigenvalue weighted by molar-refractivity contribution is 5.84. The number of carboxylic acids is 1. The van der Waals surface area contributed by atoms with Crippen molar-refractivity contribution in [3.05, 3.63) is 35.7 Å². The van der Waals surface area contributed by atoms with Crippen LogP contribution in [0.25, 0.3) is 6.08 Å². The van der Waals surface area contributed by atoms with Gasteiger partial charge in [-0.1, -0.05) is 0 Å². The van der Waals surface area contributed by atoms with Crippen LogP contribution in [-0.4, -0.2) is 16.1 Å². The summed E-state index contributed by atoms with van der Waals surface area (Å²) in [6.07, 6.45) is 4.19. The summed E-state index contributed by atoms with van der Waals surface area (Å²) >= 11 is 0. The van der Waals surface area contributed by atoms with E-state index in [0.717, 1.165) is 11.6 Å². The second-order valence-corrected chi connectivity index (χ2v) is 2.43. The van der Waals surface area contributed by atoms with E-state index in [9.17, 15) is 4.79 Å². The molecule has 0 saturated carbocycles. The van der Waals surface area contributed by atoms with Crippen molar-refractivity contribution in [2.24, 2.45) is 0 Å². The quantitative estimate of drug-likeness (QED) is 0.672. The zero-order valence-corrected chi connectivity index (χ0v) is 6.69. The van der Waals surface area contributed by atoms with Crippen molar-refractivity contribution in [1.29, 1.82) is 0 Å². The second kappa shape index (κ2) is 3.67. The number of rotatable bonds is 2. The summed E-state index contributed by atoms with van der Waals surface area (Å²) in [5, 5.41) is 8.33. The highest BCUT2D eigenvalue weighted by Crippen LogP contribution is 2.01. The molecule has 1 aromatic rings. The van der Waals surface area contributed by atoms with Crippen molar-refractivity contribution in [3.63, 3.8) is 0 Å². The Morgan fingerprint density at radius 2 is 2.42 bits per heavy atom. The van der Waals surface area contributed by atoms with Crippen LogP contribution >= 0.6 is 0 Å². The molecule has 0 bridgehead atoms. The Bertz CT molecular complexity index is 318.